The summed E-state index contributed by atoms with van der Waals surface area (Å²) in [5.74, 6) is 1.79. The minimum Gasteiger partial charge on any atom is -0.393 e. The molecule has 7 heteroatoms. The Balaban J connectivity index is 2.76. The molecule has 0 bridgehead atoms. The number of aliphatic hydroxyl groups excluding tert-OH is 1. The van der Waals surface area contributed by atoms with Crippen LogP contribution in [-0.4, -0.2) is 52.6 Å². The summed E-state index contributed by atoms with van der Waals surface area (Å²) in [4.78, 5) is 8.53. The fourth-order valence-corrected chi connectivity index (χ4v) is 1.31. The van der Waals surface area contributed by atoms with Crippen molar-refractivity contribution in [1.82, 2.24) is 9.97 Å². The summed E-state index contributed by atoms with van der Waals surface area (Å²) in [6.07, 6.45) is 0. The Bertz CT molecular complexity index is 399. The van der Waals surface area contributed by atoms with Crippen molar-refractivity contribution >= 4 is 11.6 Å². The topological polar surface area (TPSA) is 99.5 Å². The summed E-state index contributed by atoms with van der Waals surface area (Å²) >= 11 is 0. The van der Waals surface area contributed by atoms with Crippen molar-refractivity contribution in [2.24, 2.45) is 0 Å². The maximum Gasteiger partial charge on any atom is 0.158 e. The minimum absolute atomic E-state index is 0.192. The molecule has 1 rings (SSSR count). The van der Waals surface area contributed by atoms with Gasteiger partial charge < -0.3 is 25.6 Å². The van der Waals surface area contributed by atoms with Crippen molar-refractivity contribution < 1.29 is 14.9 Å². The largest absolute Gasteiger partial charge is 0.393 e. The molecule has 0 spiro atoms. The lowest BCUT2D eigenvalue weighted by Gasteiger charge is -2.21. The Morgan fingerprint density at radius 1 is 1.37 bits per heavy atom. The summed E-state index contributed by atoms with van der Waals surface area (Å²) in [7, 11) is 1.76. The van der Waals surface area contributed by atoms with Gasteiger partial charge in [-0.2, -0.15) is 0 Å². The molecule has 0 radical (unpaired) electrons. The van der Waals surface area contributed by atoms with Crippen molar-refractivity contribution in [3.05, 3.63) is 11.9 Å². The van der Waals surface area contributed by atoms with Crippen molar-refractivity contribution in [3.63, 3.8) is 0 Å². The van der Waals surface area contributed by atoms with E-state index in [4.69, 9.17) is 9.84 Å². The SMILES string of the molecule is CCOCc1nc(NC)cc(NCC(C)(O)CO)n1. The summed E-state index contributed by atoms with van der Waals surface area (Å²) in [6.45, 7) is 4.24. The number of ether oxygens (including phenoxy) is 1. The number of hydrogen-bond acceptors (Lipinski definition) is 7. The molecule has 0 amide bonds. The number of nitrogens with one attached hydrogen (secondary N) is 2. The highest BCUT2D eigenvalue weighted by Crippen LogP contribution is 2.13. The van der Waals surface area contributed by atoms with Gasteiger partial charge in [-0.3, -0.25) is 0 Å². The van der Waals surface area contributed by atoms with Crippen LogP contribution in [0.1, 0.15) is 19.7 Å². The van der Waals surface area contributed by atoms with Crippen LogP contribution in [0.4, 0.5) is 11.6 Å². The minimum atomic E-state index is -1.19. The molecule has 0 saturated carbocycles. The number of nitrogens with zero attached hydrogens (tertiary/aromatic N) is 2. The molecule has 0 aliphatic heterocycles. The predicted molar refractivity (Wildman–Crippen MR) is 73.1 cm³/mol. The summed E-state index contributed by atoms with van der Waals surface area (Å²) in [6, 6.07) is 1.73. The Morgan fingerprint density at radius 2 is 2.05 bits per heavy atom. The predicted octanol–water partition coefficient (Wildman–Crippen LogP) is 0.210. The third-order valence-corrected chi connectivity index (χ3v) is 2.45. The van der Waals surface area contributed by atoms with Crippen LogP contribution in [-0.2, 0) is 11.3 Å². The zero-order chi connectivity index (χ0) is 14.3. The van der Waals surface area contributed by atoms with Gasteiger partial charge >= 0.3 is 0 Å². The molecule has 1 atom stereocenters. The van der Waals surface area contributed by atoms with Crippen LogP contribution in [0, 0.1) is 0 Å². The summed E-state index contributed by atoms with van der Waals surface area (Å²) < 4.78 is 5.27. The molecule has 0 aliphatic rings. The Hall–Kier alpha value is -1.44. The number of aromatic nitrogens is 2. The zero-order valence-electron chi connectivity index (χ0n) is 11.6. The molecule has 0 fully saturated rings. The molecule has 19 heavy (non-hydrogen) atoms. The molecule has 1 aromatic heterocycles. The van der Waals surface area contributed by atoms with Crippen molar-refractivity contribution in [1.29, 1.82) is 0 Å². The lowest BCUT2D eigenvalue weighted by Crippen LogP contribution is -2.37. The van der Waals surface area contributed by atoms with Crippen LogP contribution in [0.3, 0.4) is 0 Å². The molecule has 0 aromatic carbocycles. The first-order chi connectivity index (χ1) is 9.00. The monoisotopic (exact) mass is 270 g/mol. The zero-order valence-corrected chi connectivity index (χ0v) is 11.6. The summed E-state index contributed by atoms with van der Waals surface area (Å²) in [5, 5.41) is 24.6. The lowest BCUT2D eigenvalue weighted by atomic mass is 10.1. The third kappa shape index (κ3) is 5.37. The van der Waals surface area contributed by atoms with Crippen LogP contribution < -0.4 is 10.6 Å². The van der Waals surface area contributed by atoms with E-state index < -0.39 is 5.60 Å². The molecule has 0 aliphatic carbocycles. The quantitative estimate of drug-likeness (QED) is 0.536. The number of rotatable bonds is 8. The van der Waals surface area contributed by atoms with Gasteiger partial charge in [0.15, 0.2) is 5.82 Å². The van der Waals surface area contributed by atoms with E-state index >= 15 is 0 Å². The van der Waals surface area contributed by atoms with Crippen LogP contribution in [0.15, 0.2) is 6.07 Å². The Labute approximate surface area is 113 Å². The van der Waals surface area contributed by atoms with Crippen LogP contribution >= 0.6 is 0 Å². The van der Waals surface area contributed by atoms with Crippen molar-refractivity contribution in [3.8, 4) is 0 Å². The first kappa shape index (κ1) is 15.6. The van der Waals surface area contributed by atoms with E-state index in [-0.39, 0.29) is 13.2 Å². The van der Waals surface area contributed by atoms with E-state index in [9.17, 15) is 5.11 Å². The lowest BCUT2D eigenvalue weighted by molar-refractivity contribution is 0.0131. The van der Waals surface area contributed by atoms with E-state index in [0.717, 1.165) is 0 Å². The van der Waals surface area contributed by atoms with E-state index in [0.29, 0.717) is 30.7 Å². The standard InChI is InChI=1S/C12H22N4O3/c1-4-19-6-11-15-9(13-3)5-10(16-11)14-7-12(2,18)8-17/h5,17-18H,4,6-8H2,1-3H3,(H2,13,14,15,16). The van der Waals surface area contributed by atoms with Crippen molar-refractivity contribution in [2.45, 2.75) is 26.1 Å². The van der Waals surface area contributed by atoms with Gasteiger partial charge in [0.2, 0.25) is 0 Å². The summed E-state index contributed by atoms with van der Waals surface area (Å²) in [5.41, 5.74) is -1.19. The van der Waals surface area contributed by atoms with E-state index in [1.54, 1.807) is 20.0 Å². The van der Waals surface area contributed by atoms with E-state index in [1.807, 2.05) is 6.92 Å². The van der Waals surface area contributed by atoms with Crippen LogP contribution in [0.5, 0.6) is 0 Å². The maximum absolute atomic E-state index is 9.73. The smallest absolute Gasteiger partial charge is 0.158 e. The Morgan fingerprint density at radius 3 is 2.63 bits per heavy atom. The van der Waals surface area contributed by atoms with Crippen LogP contribution in [0.25, 0.3) is 0 Å². The molecule has 4 N–H and O–H groups in total. The van der Waals surface area contributed by atoms with Gasteiger partial charge in [-0.15, -0.1) is 0 Å². The highest BCUT2D eigenvalue weighted by molar-refractivity contribution is 5.47. The van der Waals surface area contributed by atoms with Gasteiger partial charge in [-0.25, -0.2) is 9.97 Å². The maximum atomic E-state index is 9.73. The van der Waals surface area contributed by atoms with Gasteiger partial charge in [0.1, 0.15) is 23.8 Å². The molecule has 108 valence electrons. The number of anilines is 2. The molecular weight excluding hydrogens is 248 g/mol. The Kier molecular flexibility index (Phi) is 5.94. The first-order valence-corrected chi connectivity index (χ1v) is 6.21. The van der Waals surface area contributed by atoms with Gasteiger partial charge in [0.05, 0.1) is 6.61 Å². The van der Waals surface area contributed by atoms with Gasteiger partial charge in [-0.1, -0.05) is 0 Å². The molecular formula is C12H22N4O3. The molecule has 7 nitrogen and oxygen atoms in total. The average Bonchev–Trinajstić information content (AvgIpc) is 2.42. The van der Waals surface area contributed by atoms with Crippen molar-refractivity contribution in [2.75, 3.05) is 37.4 Å². The molecule has 1 unspecified atom stereocenters. The second-order valence-electron chi connectivity index (χ2n) is 4.45. The third-order valence-electron chi connectivity index (χ3n) is 2.45. The second-order valence-corrected chi connectivity index (χ2v) is 4.45. The highest BCUT2D eigenvalue weighted by atomic mass is 16.5. The van der Waals surface area contributed by atoms with Gasteiger partial charge in [0, 0.05) is 26.3 Å². The normalized spacial score (nSPS) is 13.9. The fraction of sp³-hybridized carbons (Fsp3) is 0.667. The van der Waals surface area contributed by atoms with E-state index in [1.165, 1.54) is 0 Å². The number of hydrogen-bond donors (Lipinski definition) is 4. The number of aliphatic hydroxyl groups is 2. The van der Waals surface area contributed by atoms with Crippen LogP contribution in [0.2, 0.25) is 0 Å². The first-order valence-electron chi connectivity index (χ1n) is 6.21. The molecule has 1 aromatic rings. The van der Waals surface area contributed by atoms with E-state index in [2.05, 4.69) is 20.6 Å². The molecule has 0 saturated heterocycles. The highest BCUT2D eigenvalue weighted by Gasteiger charge is 2.18. The fourth-order valence-electron chi connectivity index (χ4n) is 1.31. The molecule has 1 heterocycles. The average molecular weight is 270 g/mol. The van der Waals surface area contributed by atoms with Gasteiger partial charge in [-0.05, 0) is 13.8 Å². The van der Waals surface area contributed by atoms with Gasteiger partial charge in [0.25, 0.3) is 0 Å². The second kappa shape index (κ2) is 7.22.